The average molecular weight is 359 g/mol. The zero-order valence-electron chi connectivity index (χ0n) is 14.8. The number of nitrogens with zero attached hydrogens (tertiary/aromatic N) is 2. The van der Waals surface area contributed by atoms with Gasteiger partial charge in [0, 0.05) is 42.8 Å². The lowest BCUT2D eigenvalue weighted by Gasteiger charge is -2.40. The summed E-state index contributed by atoms with van der Waals surface area (Å²) in [6.07, 6.45) is 0. The minimum Gasteiger partial charge on any atom is -0.333 e. The van der Waals surface area contributed by atoms with Gasteiger partial charge in [-0.05, 0) is 37.6 Å². The first kappa shape index (κ1) is 17.9. The predicted molar refractivity (Wildman–Crippen MR) is 104 cm³/mol. The smallest absolute Gasteiger partial charge is 0.319 e. The van der Waals surface area contributed by atoms with E-state index >= 15 is 0 Å². The number of piperazine rings is 1. The van der Waals surface area contributed by atoms with Gasteiger partial charge in [0.05, 0.1) is 6.04 Å². The number of nitrogens with one attached hydrogen (secondary N) is 2. The zero-order valence-corrected chi connectivity index (χ0v) is 15.6. The first-order chi connectivity index (χ1) is 12.1. The number of hydrogen-bond donors (Lipinski definition) is 2. The van der Waals surface area contributed by atoms with E-state index in [2.05, 4.69) is 51.9 Å². The molecule has 0 saturated carbocycles. The molecule has 0 aliphatic carbocycles. The van der Waals surface area contributed by atoms with Crippen LogP contribution in [0.25, 0.3) is 0 Å². The van der Waals surface area contributed by atoms with Crippen molar-refractivity contribution in [2.24, 2.45) is 0 Å². The molecule has 2 aromatic rings. The minimum atomic E-state index is -0.158. The van der Waals surface area contributed by atoms with Gasteiger partial charge in [0.1, 0.15) is 0 Å². The summed E-state index contributed by atoms with van der Waals surface area (Å²) in [5.41, 5.74) is 0.805. The molecule has 5 nitrogen and oxygen atoms in total. The standard InChI is InChI=1S/C19H26N4OS/c1-15(20-19(24)21-16-7-4-3-5-8-16)18(17-9-6-14-25-17)23-12-10-22(2)11-13-23/h3-9,14-15,18H,10-13H2,1-2H3,(H2,20,21,24)/t15-,18+/m0/s1. The van der Waals surface area contributed by atoms with E-state index in [0.29, 0.717) is 0 Å². The molecular formula is C19H26N4OS. The Morgan fingerprint density at radius 1 is 1.08 bits per heavy atom. The van der Waals surface area contributed by atoms with Crippen molar-refractivity contribution < 1.29 is 4.79 Å². The van der Waals surface area contributed by atoms with Crippen LogP contribution in [-0.2, 0) is 0 Å². The molecule has 2 atom stereocenters. The summed E-state index contributed by atoms with van der Waals surface area (Å²) >= 11 is 1.76. The molecule has 134 valence electrons. The van der Waals surface area contributed by atoms with Crippen LogP contribution >= 0.6 is 11.3 Å². The van der Waals surface area contributed by atoms with Gasteiger partial charge >= 0.3 is 6.03 Å². The lowest BCUT2D eigenvalue weighted by Crippen LogP contribution is -2.51. The van der Waals surface area contributed by atoms with Crippen LogP contribution in [0.3, 0.4) is 0 Å². The highest BCUT2D eigenvalue weighted by Crippen LogP contribution is 2.29. The van der Waals surface area contributed by atoms with E-state index in [1.165, 1.54) is 4.88 Å². The van der Waals surface area contributed by atoms with Gasteiger partial charge in [0.15, 0.2) is 0 Å². The molecule has 1 fully saturated rings. The Morgan fingerprint density at radius 3 is 2.44 bits per heavy atom. The van der Waals surface area contributed by atoms with Crippen molar-refractivity contribution in [3.63, 3.8) is 0 Å². The Morgan fingerprint density at radius 2 is 1.80 bits per heavy atom. The van der Waals surface area contributed by atoms with E-state index < -0.39 is 0 Å². The number of para-hydroxylation sites is 1. The summed E-state index contributed by atoms with van der Waals surface area (Å²) in [5.74, 6) is 0. The third-order valence-electron chi connectivity index (χ3n) is 4.63. The van der Waals surface area contributed by atoms with Crippen LogP contribution < -0.4 is 10.6 Å². The third-order valence-corrected chi connectivity index (χ3v) is 5.57. The molecule has 0 spiro atoms. The van der Waals surface area contributed by atoms with Crippen LogP contribution in [0, 0.1) is 0 Å². The summed E-state index contributed by atoms with van der Waals surface area (Å²) in [4.78, 5) is 18.5. The monoisotopic (exact) mass is 358 g/mol. The Kier molecular flexibility index (Phi) is 6.07. The molecule has 2 amide bonds. The van der Waals surface area contributed by atoms with Crippen LogP contribution in [0.2, 0.25) is 0 Å². The van der Waals surface area contributed by atoms with Crippen molar-refractivity contribution in [3.05, 3.63) is 52.7 Å². The number of urea groups is 1. The normalized spacial score (nSPS) is 18.5. The summed E-state index contributed by atoms with van der Waals surface area (Å²) in [6.45, 7) is 6.25. The highest BCUT2D eigenvalue weighted by atomic mass is 32.1. The van der Waals surface area contributed by atoms with E-state index in [0.717, 1.165) is 31.9 Å². The molecular weight excluding hydrogens is 332 g/mol. The SMILES string of the molecule is C[C@H](NC(=O)Nc1ccccc1)[C@H](c1cccs1)N1CCN(C)CC1. The van der Waals surface area contributed by atoms with Crippen LogP contribution in [-0.4, -0.2) is 55.1 Å². The maximum absolute atomic E-state index is 12.4. The topological polar surface area (TPSA) is 47.6 Å². The van der Waals surface area contributed by atoms with E-state index in [-0.39, 0.29) is 18.1 Å². The molecule has 3 rings (SSSR count). The van der Waals surface area contributed by atoms with Crippen LogP contribution in [0.4, 0.5) is 10.5 Å². The molecule has 1 aromatic carbocycles. The number of amides is 2. The highest BCUT2D eigenvalue weighted by Gasteiger charge is 2.30. The third kappa shape index (κ3) is 4.81. The van der Waals surface area contributed by atoms with Gasteiger partial charge in [-0.1, -0.05) is 24.3 Å². The lowest BCUT2D eigenvalue weighted by atomic mass is 10.1. The molecule has 2 heterocycles. The van der Waals surface area contributed by atoms with Crippen LogP contribution in [0.15, 0.2) is 47.8 Å². The second kappa shape index (κ2) is 8.47. The fourth-order valence-corrected chi connectivity index (χ4v) is 4.24. The number of rotatable bonds is 5. The number of likely N-dealkylation sites (N-methyl/N-ethyl adjacent to an activating group) is 1. The van der Waals surface area contributed by atoms with Crippen molar-refractivity contribution >= 4 is 23.1 Å². The van der Waals surface area contributed by atoms with E-state index in [9.17, 15) is 4.79 Å². The molecule has 0 radical (unpaired) electrons. The number of hydrogen-bond acceptors (Lipinski definition) is 4. The summed E-state index contributed by atoms with van der Waals surface area (Å²) in [7, 11) is 2.16. The van der Waals surface area contributed by atoms with Crippen LogP contribution in [0.5, 0.6) is 0 Å². The number of benzene rings is 1. The number of carbonyl (C=O) groups is 1. The van der Waals surface area contributed by atoms with Gasteiger partial charge in [0.25, 0.3) is 0 Å². The van der Waals surface area contributed by atoms with Gasteiger partial charge in [-0.2, -0.15) is 0 Å². The molecule has 6 heteroatoms. The van der Waals surface area contributed by atoms with Crippen molar-refractivity contribution in [2.75, 3.05) is 38.5 Å². The Hall–Kier alpha value is -1.89. The second-order valence-electron chi connectivity index (χ2n) is 6.55. The molecule has 1 aromatic heterocycles. The van der Waals surface area contributed by atoms with Crippen LogP contribution in [0.1, 0.15) is 17.8 Å². The summed E-state index contributed by atoms with van der Waals surface area (Å²) < 4.78 is 0. The molecule has 1 saturated heterocycles. The molecule has 1 aliphatic rings. The molecule has 1 aliphatic heterocycles. The van der Waals surface area contributed by atoms with E-state index in [1.807, 2.05) is 30.3 Å². The van der Waals surface area contributed by atoms with Gasteiger partial charge in [0.2, 0.25) is 0 Å². The number of carbonyl (C=O) groups excluding carboxylic acids is 1. The van der Waals surface area contributed by atoms with Crippen molar-refractivity contribution in [3.8, 4) is 0 Å². The fraction of sp³-hybridized carbons (Fsp3) is 0.421. The first-order valence-corrected chi connectivity index (χ1v) is 9.60. The number of thiophene rings is 1. The largest absolute Gasteiger partial charge is 0.333 e. The molecule has 2 N–H and O–H groups in total. The molecule has 25 heavy (non-hydrogen) atoms. The first-order valence-electron chi connectivity index (χ1n) is 8.72. The highest BCUT2D eigenvalue weighted by molar-refractivity contribution is 7.10. The van der Waals surface area contributed by atoms with E-state index in [4.69, 9.17) is 0 Å². The Bertz CT molecular complexity index is 653. The van der Waals surface area contributed by atoms with Crippen molar-refractivity contribution in [2.45, 2.75) is 19.0 Å². The zero-order chi connectivity index (χ0) is 17.6. The second-order valence-corrected chi connectivity index (χ2v) is 7.53. The maximum atomic E-state index is 12.4. The molecule has 0 unspecified atom stereocenters. The number of anilines is 1. The quantitative estimate of drug-likeness (QED) is 0.863. The van der Waals surface area contributed by atoms with Gasteiger partial charge in [-0.15, -0.1) is 11.3 Å². The van der Waals surface area contributed by atoms with Gasteiger partial charge < -0.3 is 15.5 Å². The summed E-state index contributed by atoms with van der Waals surface area (Å²) in [6, 6.07) is 13.9. The van der Waals surface area contributed by atoms with Crippen molar-refractivity contribution in [1.82, 2.24) is 15.1 Å². The minimum absolute atomic E-state index is 0.0192. The summed E-state index contributed by atoms with van der Waals surface area (Å²) in [5, 5.41) is 8.14. The Labute approximate surface area is 153 Å². The van der Waals surface area contributed by atoms with Gasteiger partial charge in [-0.25, -0.2) is 4.79 Å². The molecule has 0 bridgehead atoms. The Balaban J connectivity index is 1.66. The fourth-order valence-electron chi connectivity index (χ4n) is 3.28. The van der Waals surface area contributed by atoms with Gasteiger partial charge in [-0.3, -0.25) is 4.90 Å². The maximum Gasteiger partial charge on any atom is 0.319 e. The predicted octanol–water partition coefficient (Wildman–Crippen LogP) is 3.25. The average Bonchev–Trinajstić information content (AvgIpc) is 3.11. The van der Waals surface area contributed by atoms with Crippen molar-refractivity contribution in [1.29, 1.82) is 0 Å². The lowest BCUT2D eigenvalue weighted by molar-refractivity contribution is 0.0971. The van der Waals surface area contributed by atoms with E-state index in [1.54, 1.807) is 11.3 Å².